The number of carboxylic acid groups (broad SMARTS) is 1. The Kier molecular flexibility index (Phi) is 6.09. The van der Waals surface area contributed by atoms with Gasteiger partial charge in [-0.1, -0.05) is 29.8 Å². The Hall–Kier alpha value is -0.990. The molecule has 20 heavy (non-hydrogen) atoms. The Balaban J connectivity index is 3.00. The topological polar surface area (TPSA) is 78.4 Å². The molecule has 1 rings (SSSR count). The van der Waals surface area contributed by atoms with Crippen molar-refractivity contribution in [3.63, 3.8) is 0 Å². The van der Waals surface area contributed by atoms with Gasteiger partial charge < -0.3 is 15.7 Å². The van der Waals surface area contributed by atoms with Crippen molar-refractivity contribution in [2.75, 3.05) is 5.32 Å². The van der Waals surface area contributed by atoms with Crippen LogP contribution < -0.4 is 10.6 Å². The molecule has 5 nitrogen and oxygen atoms in total. The highest BCUT2D eigenvalue weighted by Crippen LogP contribution is 2.30. The Morgan fingerprint density at radius 1 is 1.30 bits per heavy atom. The highest BCUT2D eigenvalue weighted by atomic mass is 79.9. The van der Waals surface area contributed by atoms with E-state index in [1.54, 1.807) is 19.9 Å². The maximum absolute atomic E-state index is 11.5. The van der Waals surface area contributed by atoms with Gasteiger partial charge in [0.1, 0.15) is 0 Å². The predicted molar refractivity (Wildman–Crippen MR) is 88.0 cm³/mol. The number of benzene rings is 1. The molecular weight excluding hydrogens is 412 g/mol. The lowest BCUT2D eigenvalue weighted by atomic mass is 10.2. The monoisotopic (exact) mass is 422 g/mol. The zero-order chi connectivity index (χ0) is 15.4. The standard InChI is InChI=1S/C12H12Br2N2O3S/c1-5(2)10(17)16-12(20)15-9-7(11(18)19)3-6(13)4-8(9)14/h3-5H,1-2H3,(H,18,19)(H2,15,16,17,20). The summed E-state index contributed by atoms with van der Waals surface area (Å²) in [6.45, 7) is 3.46. The highest BCUT2D eigenvalue weighted by Gasteiger charge is 2.17. The largest absolute Gasteiger partial charge is 0.478 e. The molecule has 108 valence electrons. The van der Waals surface area contributed by atoms with Gasteiger partial charge in [0.2, 0.25) is 5.91 Å². The van der Waals surface area contributed by atoms with E-state index in [1.165, 1.54) is 6.07 Å². The quantitative estimate of drug-likeness (QED) is 0.649. The molecule has 0 heterocycles. The third kappa shape index (κ3) is 4.53. The van der Waals surface area contributed by atoms with Gasteiger partial charge in [-0.2, -0.15) is 0 Å². The Bertz CT molecular complexity index is 576. The third-order valence-corrected chi connectivity index (χ3v) is 3.57. The van der Waals surface area contributed by atoms with Crippen LogP contribution in [0.4, 0.5) is 5.69 Å². The van der Waals surface area contributed by atoms with Crippen LogP contribution in [0.1, 0.15) is 24.2 Å². The summed E-state index contributed by atoms with van der Waals surface area (Å²) in [7, 11) is 0. The lowest BCUT2D eigenvalue weighted by Crippen LogP contribution is -2.37. The molecule has 0 saturated carbocycles. The number of carboxylic acids is 1. The molecular formula is C12H12Br2N2O3S. The van der Waals surface area contributed by atoms with Crippen molar-refractivity contribution >= 4 is 66.8 Å². The molecule has 0 aliphatic carbocycles. The van der Waals surface area contributed by atoms with E-state index in [0.717, 1.165) is 0 Å². The molecule has 1 aromatic carbocycles. The molecule has 0 unspecified atom stereocenters. The number of aromatic carboxylic acids is 1. The molecule has 0 aromatic heterocycles. The first-order valence-corrected chi connectivity index (χ1v) is 7.56. The van der Waals surface area contributed by atoms with Crippen LogP contribution in [0.3, 0.4) is 0 Å². The van der Waals surface area contributed by atoms with Crippen LogP contribution in [0.2, 0.25) is 0 Å². The van der Waals surface area contributed by atoms with E-state index in [2.05, 4.69) is 42.5 Å². The summed E-state index contributed by atoms with van der Waals surface area (Å²) >= 11 is 11.5. The second-order valence-corrected chi connectivity index (χ2v) is 6.39. The fourth-order valence-electron chi connectivity index (χ4n) is 1.27. The normalized spacial score (nSPS) is 10.2. The first kappa shape index (κ1) is 17.1. The summed E-state index contributed by atoms with van der Waals surface area (Å²) in [5, 5.41) is 14.5. The number of halogens is 2. The minimum absolute atomic E-state index is 0.0346. The molecule has 0 saturated heterocycles. The molecule has 0 fully saturated rings. The van der Waals surface area contributed by atoms with Crippen molar-refractivity contribution in [3.8, 4) is 0 Å². The smallest absolute Gasteiger partial charge is 0.337 e. The zero-order valence-electron chi connectivity index (χ0n) is 10.7. The average Bonchev–Trinajstić information content (AvgIpc) is 2.31. The lowest BCUT2D eigenvalue weighted by Gasteiger charge is -2.14. The first-order chi connectivity index (χ1) is 9.22. The summed E-state index contributed by atoms with van der Waals surface area (Å²) in [5.74, 6) is -1.57. The van der Waals surface area contributed by atoms with E-state index in [9.17, 15) is 14.7 Å². The second kappa shape index (κ2) is 7.14. The fourth-order valence-corrected chi connectivity index (χ4v) is 2.80. The number of thiocarbonyl (C=S) groups is 1. The van der Waals surface area contributed by atoms with Crippen LogP contribution in [0.5, 0.6) is 0 Å². The van der Waals surface area contributed by atoms with Crippen LogP contribution >= 0.6 is 44.1 Å². The molecule has 1 amide bonds. The van der Waals surface area contributed by atoms with Gasteiger partial charge in [-0.05, 0) is 40.3 Å². The number of amides is 1. The maximum atomic E-state index is 11.5. The Morgan fingerprint density at radius 2 is 1.90 bits per heavy atom. The SMILES string of the molecule is CC(C)C(=O)NC(=S)Nc1c(Br)cc(Br)cc1C(=O)O. The van der Waals surface area contributed by atoms with E-state index in [4.69, 9.17) is 12.2 Å². The van der Waals surface area contributed by atoms with Crippen molar-refractivity contribution in [2.45, 2.75) is 13.8 Å². The van der Waals surface area contributed by atoms with Crippen LogP contribution in [-0.2, 0) is 4.79 Å². The van der Waals surface area contributed by atoms with Gasteiger partial charge >= 0.3 is 5.97 Å². The maximum Gasteiger partial charge on any atom is 0.337 e. The van der Waals surface area contributed by atoms with Crippen molar-refractivity contribution in [1.82, 2.24) is 5.32 Å². The van der Waals surface area contributed by atoms with Gasteiger partial charge in [-0.15, -0.1) is 0 Å². The third-order valence-electron chi connectivity index (χ3n) is 2.29. The van der Waals surface area contributed by atoms with Crippen molar-refractivity contribution in [3.05, 3.63) is 26.6 Å². The van der Waals surface area contributed by atoms with Crippen LogP contribution in [-0.4, -0.2) is 22.1 Å². The fraction of sp³-hybridized carbons (Fsp3) is 0.250. The first-order valence-electron chi connectivity index (χ1n) is 5.56. The molecule has 1 aromatic rings. The van der Waals surface area contributed by atoms with Gasteiger partial charge in [0, 0.05) is 14.9 Å². The van der Waals surface area contributed by atoms with E-state index in [-0.39, 0.29) is 28.2 Å². The van der Waals surface area contributed by atoms with Gasteiger partial charge in [-0.25, -0.2) is 4.79 Å². The van der Waals surface area contributed by atoms with Crippen molar-refractivity contribution in [2.24, 2.45) is 5.92 Å². The molecule has 0 atom stereocenters. The van der Waals surface area contributed by atoms with Crippen LogP contribution in [0.15, 0.2) is 21.1 Å². The summed E-state index contributed by atoms with van der Waals surface area (Å²) in [5.41, 5.74) is 0.321. The molecule has 0 aliphatic heterocycles. The van der Waals surface area contributed by atoms with Crippen molar-refractivity contribution in [1.29, 1.82) is 0 Å². The van der Waals surface area contributed by atoms with E-state index < -0.39 is 5.97 Å². The Morgan fingerprint density at radius 3 is 2.40 bits per heavy atom. The van der Waals surface area contributed by atoms with Crippen LogP contribution in [0, 0.1) is 5.92 Å². The van der Waals surface area contributed by atoms with Gasteiger partial charge in [0.05, 0.1) is 11.3 Å². The number of carbonyl (C=O) groups is 2. The number of rotatable bonds is 3. The zero-order valence-corrected chi connectivity index (χ0v) is 14.6. The van der Waals surface area contributed by atoms with E-state index in [0.29, 0.717) is 8.95 Å². The number of hydrogen-bond acceptors (Lipinski definition) is 3. The number of carbonyl (C=O) groups excluding carboxylic acids is 1. The molecule has 0 spiro atoms. The van der Waals surface area contributed by atoms with Gasteiger partial charge in [0.15, 0.2) is 5.11 Å². The number of hydrogen-bond donors (Lipinski definition) is 3. The minimum Gasteiger partial charge on any atom is -0.478 e. The molecule has 3 N–H and O–H groups in total. The number of anilines is 1. The predicted octanol–water partition coefficient (Wildman–Crippen LogP) is 3.38. The average molecular weight is 424 g/mol. The molecule has 8 heteroatoms. The van der Waals surface area contributed by atoms with Gasteiger partial charge in [-0.3, -0.25) is 4.79 Å². The summed E-state index contributed by atoms with van der Waals surface area (Å²) < 4.78 is 1.13. The summed E-state index contributed by atoms with van der Waals surface area (Å²) in [6.07, 6.45) is 0. The summed E-state index contributed by atoms with van der Waals surface area (Å²) in [6, 6.07) is 3.13. The summed E-state index contributed by atoms with van der Waals surface area (Å²) in [4.78, 5) is 22.8. The van der Waals surface area contributed by atoms with Crippen molar-refractivity contribution < 1.29 is 14.7 Å². The second-order valence-electron chi connectivity index (χ2n) is 4.21. The molecule has 0 bridgehead atoms. The highest BCUT2D eigenvalue weighted by molar-refractivity contribution is 9.11. The van der Waals surface area contributed by atoms with Gasteiger partial charge in [0.25, 0.3) is 0 Å². The van der Waals surface area contributed by atoms with E-state index in [1.807, 2.05) is 0 Å². The number of nitrogens with one attached hydrogen (secondary N) is 2. The van der Waals surface area contributed by atoms with Crippen LogP contribution in [0.25, 0.3) is 0 Å². The lowest BCUT2D eigenvalue weighted by molar-refractivity contribution is -0.122. The van der Waals surface area contributed by atoms with E-state index >= 15 is 0 Å². The Labute approximate surface area is 138 Å². The molecule has 0 aliphatic rings. The molecule has 0 radical (unpaired) electrons. The minimum atomic E-state index is -1.10.